The molecule has 0 aliphatic carbocycles. The fourth-order valence-corrected chi connectivity index (χ4v) is 2.15. The van der Waals surface area contributed by atoms with Gasteiger partial charge in [0.25, 0.3) is 0 Å². The van der Waals surface area contributed by atoms with Gasteiger partial charge in [0.1, 0.15) is 22.5 Å². The Hall–Kier alpha value is -1.52. The van der Waals surface area contributed by atoms with Gasteiger partial charge in [0.2, 0.25) is 0 Å². The number of nitrogens with one attached hydrogen (secondary N) is 1. The topological polar surface area (TPSA) is 47.0 Å². The average Bonchev–Trinajstić information content (AvgIpc) is 2.37. The highest BCUT2D eigenvalue weighted by atomic mass is 35.5. The predicted molar refractivity (Wildman–Crippen MR) is 87.0 cm³/mol. The molecule has 0 amide bonds. The summed E-state index contributed by atoms with van der Waals surface area (Å²) in [6.07, 6.45) is 0. The molecule has 0 saturated carbocycles. The second kappa shape index (κ2) is 6.08. The maximum absolute atomic E-state index is 6.11. The van der Waals surface area contributed by atoms with Crippen molar-refractivity contribution in [3.63, 3.8) is 0 Å². The molecule has 0 radical (unpaired) electrons. The molecule has 0 aliphatic heterocycles. The lowest BCUT2D eigenvalue weighted by molar-refractivity contribution is 0.415. The van der Waals surface area contributed by atoms with Crippen molar-refractivity contribution in [1.29, 1.82) is 0 Å². The van der Waals surface area contributed by atoms with Crippen LogP contribution in [0.25, 0.3) is 0 Å². The second-order valence-electron chi connectivity index (χ2n) is 5.62. The molecule has 4 nitrogen and oxygen atoms in total. The fourth-order valence-electron chi connectivity index (χ4n) is 1.71. The van der Waals surface area contributed by atoms with E-state index >= 15 is 0 Å². The van der Waals surface area contributed by atoms with Crippen LogP contribution in [0.5, 0.6) is 5.75 Å². The number of nitrogens with zero attached hydrogens (tertiary/aromatic N) is 2. The Kier molecular flexibility index (Phi) is 4.59. The molecular formula is C15H17Cl2N3O. The molecule has 1 aromatic carbocycles. The van der Waals surface area contributed by atoms with Gasteiger partial charge < -0.3 is 10.1 Å². The normalized spacial score (nSPS) is 11.3. The van der Waals surface area contributed by atoms with E-state index in [-0.39, 0.29) is 5.41 Å². The Balaban J connectivity index is 2.31. The third kappa shape index (κ3) is 3.99. The first-order chi connectivity index (χ1) is 9.79. The van der Waals surface area contributed by atoms with Crippen molar-refractivity contribution in [2.24, 2.45) is 0 Å². The highest BCUT2D eigenvalue weighted by Crippen LogP contribution is 2.29. The minimum Gasteiger partial charge on any atom is -0.495 e. The highest BCUT2D eigenvalue weighted by Gasteiger charge is 2.19. The Morgan fingerprint density at radius 1 is 1.10 bits per heavy atom. The quantitative estimate of drug-likeness (QED) is 0.821. The van der Waals surface area contributed by atoms with Gasteiger partial charge in [-0.2, -0.15) is 0 Å². The van der Waals surface area contributed by atoms with Crippen LogP contribution in [0.1, 0.15) is 26.6 Å². The van der Waals surface area contributed by atoms with Crippen LogP contribution in [0.4, 0.5) is 11.5 Å². The summed E-state index contributed by atoms with van der Waals surface area (Å²) in [5, 5.41) is 4.10. The van der Waals surface area contributed by atoms with Crippen molar-refractivity contribution in [1.82, 2.24) is 9.97 Å². The summed E-state index contributed by atoms with van der Waals surface area (Å²) in [5.41, 5.74) is 0.620. The van der Waals surface area contributed by atoms with Gasteiger partial charge >= 0.3 is 0 Å². The van der Waals surface area contributed by atoms with E-state index < -0.39 is 0 Å². The lowest BCUT2D eigenvalue weighted by atomic mass is 9.96. The Morgan fingerprint density at radius 2 is 1.81 bits per heavy atom. The van der Waals surface area contributed by atoms with Gasteiger partial charge in [-0.3, -0.25) is 0 Å². The van der Waals surface area contributed by atoms with Crippen molar-refractivity contribution in [3.8, 4) is 5.75 Å². The molecule has 0 aliphatic rings. The van der Waals surface area contributed by atoms with Crippen molar-refractivity contribution < 1.29 is 4.74 Å². The summed E-state index contributed by atoms with van der Waals surface area (Å²) < 4.78 is 5.13. The molecule has 0 unspecified atom stereocenters. The molecule has 6 heteroatoms. The summed E-state index contributed by atoms with van der Waals surface area (Å²) in [6.45, 7) is 6.10. The van der Waals surface area contributed by atoms with E-state index in [1.807, 2.05) is 26.8 Å². The lowest BCUT2D eigenvalue weighted by Gasteiger charge is -2.18. The van der Waals surface area contributed by atoms with E-state index in [2.05, 4.69) is 15.3 Å². The predicted octanol–water partition coefficient (Wildman–Crippen LogP) is 4.83. The molecule has 112 valence electrons. The van der Waals surface area contributed by atoms with Crippen LogP contribution in [0.15, 0.2) is 24.3 Å². The second-order valence-corrected chi connectivity index (χ2v) is 6.42. The SMILES string of the molecule is COc1ccc(Nc2cc(Cl)nc(C(C)(C)C)n2)cc1Cl. The number of aromatic nitrogens is 2. The lowest BCUT2D eigenvalue weighted by Crippen LogP contribution is -2.16. The molecule has 0 saturated heterocycles. The maximum Gasteiger partial charge on any atom is 0.137 e. The van der Waals surface area contributed by atoms with Crippen molar-refractivity contribution in [3.05, 3.63) is 40.3 Å². The number of hydrogen-bond donors (Lipinski definition) is 1. The van der Waals surface area contributed by atoms with E-state index in [1.165, 1.54) is 0 Å². The number of anilines is 2. The molecule has 21 heavy (non-hydrogen) atoms. The Bertz CT molecular complexity index is 654. The first-order valence-electron chi connectivity index (χ1n) is 6.45. The third-order valence-electron chi connectivity index (χ3n) is 2.79. The number of benzene rings is 1. The number of halogens is 2. The largest absolute Gasteiger partial charge is 0.495 e. The Labute approximate surface area is 134 Å². The van der Waals surface area contributed by atoms with E-state index in [1.54, 1.807) is 25.3 Å². The van der Waals surface area contributed by atoms with Crippen LogP contribution in [0.2, 0.25) is 10.2 Å². The number of hydrogen-bond acceptors (Lipinski definition) is 4. The number of ether oxygens (including phenoxy) is 1. The van der Waals surface area contributed by atoms with Crippen LogP contribution in [0.3, 0.4) is 0 Å². The zero-order chi connectivity index (χ0) is 15.6. The minimum atomic E-state index is -0.182. The third-order valence-corrected chi connectivity index (χ3v) is 3.28. The smallest absolute Gasteiger partial charge is 0.137 e. The molecule has 2 aromatic rings. The monoisotopic (exact) mass is 325 g/mol. The zero-order valence-corrected chi connectivity index (χ0v) is 13.9. The molecule has 1 aromatic heterocycles. The molecule has 0 bridgehead atoms. The van der Waals surface area contributed by atoms with Crippen molar-refractivity contribution >= 4 is 34.7 Å². The van der Waals surface area contributed by atoms with Crippen LogP contribution in [-0.4, -0.2) is 17.1 Å². The summed E-state index contributed by atoms with van der Waals surface area (Å²) >= 11 is 12.2. The molecule has 1 heterocycles. The summed E-state index contributed by atoms with van der Waals surface area (Å²) in [4.78, 5) is 8.75. The number of rotatable bonds is 3. The molecule has 2 rings (SSSR count). The number of methoxy groups -OCH3 is 1. The molecule has 1 N–H and O–H groups in total. The van der Waals surface area contributed by atoms with Gasteiger partial charge in [0, 0.05) is 17.2 Å². The van der Waals surface area contributed by atoms with Crippen LogP contribution in [0, 0.1) is 0 Å². The molecule has 0 spiro atoms. The van der Waals surface area contributed by atoms with Gasteiger partial charge in [0.05, 0.1) is 12.1 Å². The van der Waals surface area contributed by atoms with Crippen LogP contribution < -0.4 is 10.1 Å². The minimum absolute atomic E-state index is 0.182. The van der Waals surface area contributed by atoms with E-state index in [9.17, 15) is 0 Å². The maximum atomic E-state index is 6.11. The van der Waals surface area contributed by atoms with Crippen molar-refractivity contribution in [2.75, 3.05) is 12.4 Å². The fraction of sp³-hybridized carbons (Fsp3) is 0.333. The Morgan fingerprint density at radius 3 is 2.38 bits per heavy atom. The van der Waals surface area contributed by atoms with E-state index in [4.69, 9.17) is 27.9 Å². The zero-order valence-electron chi connectivity index (χ0n) is 12.4. The van der Waals surface area contributed by atoms with Crippen LogP contribution >= 0.6 is 23.2 Å². The molecule has 0 atom stereocenters. The van der Waals surface area contributed by atoms with Gasteiger partial charge in [-0.05, 0) is 18.2 Å². The summed E-state index contributed by atoms with van der Waals surface area (Å²) in [5.74, 6) is 1.93. The van der Waals surface area contributed by atoms with Crippen molar-refractivity contribution in [2.45, 2.75) is 26.2 Å². The highest BCUT2D eigenvalue weighted by molar-refractivity contribution is 6.32. The summed E-state index contributed by atoms with van der Waals surface area (Å²) in [6, 6.07) is 7.09. The van der Waals surface area contributed by atoms with E-state index in [0.717, 1.165) is 5.69 Å². The van der Waals surface area contributed by atoms with Gasteiger partial charge in [-0.25, -0.2) is 9.97 Å². The van der Waals surface area contributed by atoms with Gasteiger partial charge in [-0.15, -0.1) is 0 Å². The average molecular weight is 326 g/mol. The van der Waals surface area contributed by atoms with E-state index in [0.29, 0.717) is 27.6 Å². The first kappa shape index (κ1) is 15.9. The molecular weight excluding hydrogens is 309 g/mol. The summed E-state index contributed by atoms with van der Waals surface area (Å²) in [7, 11) is 1.58. The molecule has 0 fully saturated rings. The van der Waals surface area contributed by atoms with Crippen LogP contribution in [-0.2, 0) is 5.41 Å². The standard InChI is InChI=1S/C15H17Cl2N3O/c1-15(2,3)14-19-12(17)8-13(20-14)18-9-5-6-11(21-4)10(16)7-9/h5-8H,1-4H3,(H,18,19,20). The first-order valence-corrected chi connectivity index (χ1v) is 7.21. The van der Waals surface area contributed by atoms with Gasteiger partial charge in [0.15, 0.2) is 0 Å². The van der Waals surface area contributed by atoms with Gasteiger partial charge in [-0.1, -0.05) is 44.0 Å².